The van der Waals surface area contributed by atoms with E-state index in [4.69, 9.17) is 0 Å². The van der Waals surface area contributed by atoms with Gasteiger partial charge in [0.2, 0.25) is 6.41 Å². The second-order valence-electron chi connectivity index (χ2n) is 8.13. The topological polar surface area (TPSA) is 54.3 Å². The quantitative estimate of drug-likeness (QED) is 0.252. The van der Waals surface area contributed by atoms with Crippen LogP contribution in [0.2, 0.25) is 0 Å². The lowest BCUT2D eigenvalue weighted by Crippen LogP contribution is -2.22. The highest BCUT2D eigenvalue weighted by Gasteiger charge is 2.30. The van der Waals surface area contributed by atoms with Crippen molar-refractivity contribution in [2.45, 2.75) is 12.7 Å². The van der Waals surface area contributed by atoms with Crippen molar-refractivity contribution in [2.24, 2.45) is 7.05 Å². The van der Waals surface area contributed by atoms with Gasteiger partial charge in [0.05, 0.1) is 17.8 Å². The van der Waals surface area contributed by atoms with Gasteiger partial charge >= 0.3 is 6.18 Å². The van der Waals surface area contributed by atoms with Crippen molar-refractivity contribution in [1.82, 2.24) is 4.57 Å². The number of aromatic nitrogens is 1. The van der Waals surface area contributed by atoms with E-state index < -0.39 is 17.6 Å². The van der Waals surface area contributed by atoms with Gasteiger partial charge in [-0.3, -0.25) is 14.5 Å². The minimum Gasteiger partial charge on any atom is -0.335 e. The summed E-state index contributed by atoms with van der Waals surface area (Å²) in [6.45, 7) is 0.346. The Hall–Kier alpha value is -3.85. The maximum Gasteiger partial charge on any atom is 0.416 e. The zero-order valence-corrected chi connectivity index (χ0v) is 20.7. The van der Waals surface area contributed by atoms with Crippen LogP contribution in [0.5, 0.6) is 0 Å². The molecule has 0 unspecified atom stereocenters. The van der Waals surface area contributed by atoms with Crippen LogP contribution in [-0.2, 0) is 24.6 Å². The molecule has 1 N–H and O–H groups in total. The largest absolute Gasteiger partial charge is 0.416 e. The van der Waals surface area contributed by atoms with Gasteiger partial charge in [-0.1, -0.05) is 58.4 Å². The zero-order valence-electron chi connectivity index (χ0n) is 19.1. The molecule has 4 aromatic rings. The van der Waals surface area contributed by atoms with Crippen LogP contribution in [0.25, 0.3) is 11.1 Å². The third-order valence-electron chi connectivity index (χ3n) is 5.62. The summed E-state index contributed by atoms with van der Waals surface area (Å²) >= 11 is 3.39. The normalized spacial score (nSPS) is 11.2. The van der Waals surface area contributed by atoms with Crippen molar-refractivity contribution in [3.8, 4) is 11.1 Å². The van der Waals surface area contributed by atoms with Gasteiger partial charge in [0, 0.05) is 29.3 Å². The van der Waals surface area contributed by atoms with Crippen molar-refractivity contribution in [1.29, 1.82) is 0 Å². The maximum atomic E-state index is 13.1. The molecule has 0 aliphatic carbocycles. The summed E-state index contributed by atoms with van der Waals surface area (Å²) in [6.07, 6.45) is -2.03. The van der Waals surface area contributed by atoms with Crippen LogP contribution < -0.4 is 10.2 Å². The summed E-state index contributed by atoms with van der Waals surface area (Å²) in [7, 11) is 1.76. The first-order valence-corrected chi connectivity index (χ1v) is 11.7. The Bertz CT molecular complexity index is 1380. The number of alkyl halides is 3. The second kappa shape index (κ2) is 10.4. The number of carbonyl (C=O) groups is 2. The van der Waals surface area contributed by atoms with Gasteiger partial charge in [-0.25, -0.2) is 0 Å². The fourth-order valence-electron chi connectivity index (χ4n) is 3.84. The van der Waals surface area contributed by atoms with Crippen molar-refractivity contribution in [2.75, 3.05) is 10.2 Å². The summed E-state index contributed by atoms with van der Waals surface area (Å²) in [5.41, 5.74) is 1.95. The first-order chi connectivity index (χ1) is 17.2. The molecule has 1 heterocycles. The minimum atomic E-state index is -4.44. The lowest BCUT2D eigenvalue weighted by molar-refractivity contribution is -0.137. The fourth-order valence-corrected chi connectivity index (χ4v) is 4.10. The van der Waals surface area contributed by atoms with Gasteiger partial charge in [-0.15, -0.1) is 0 Å². The molecule has 0 atom stereocenters. The predicted octanol–water partition coefficient (Wildman–Crippen LogP) is 6.89. The number of aryl methyl sites for hydroxylation is 1. The van der Waals surface area contributed by atoms with E-state index in [9.17, 15) is 22.8 Å². The number of nitrogens with one attached hydrogen (secondary N) is 1. The smallest absolute Gasteiger partial charge is 0.335 e. The number of rotatable bonds is 7. The Kier molecular flexibility index (Phi) is 7.30. The Morgan fingerprint density at radius 2 is 1.69 bits per heavy atom. The lowest BCUT2D eigenvalue weighted by atomic mass is 9.98. The molecule has 0 spiro atoms. The molecular formula is C27H21BrF3N3O2. The van der Waals surface area contributed by atoms with Crippen molar-refractivity contribution >= 4 is 39.8 Å². The van der Waals surface area contributed by atoms with Gasteiger partial charge in [0.15, 0.2) is 0 Å². The first kappa shape index (κ1) is 25.2. The van der Waals surface area contributed by atoms with E-state index in [1.165, 1.54) is 17.0 Å². The average Bonchev–Trinajstić information content (AvgIpc) is 3.22. The molecule has 4 rings (SSSR count). The molecule has 0 saturated heterocycles. The summed E-state index contributed by atoms with van der Waals surface area (Å²) in [5.74, 6) is 0.160. The molecule has 0 fully saturated rings. The van der Waals surface area contributed by atoms with Gasteiger partial charge in [0.25, 0.3) is 5.91 Å². The monoisotopic (exact) mass is 555 g/mol. The molecule has 3 aromatic carbocycles. The van der Waals surface area contributed by atoms with Gasteiger partial charge in [0.1, 0.15) is 5.82 Å². The number of halogens is 4. The van der Waals surface area contributed by atoms with E-state index in [-0.39, 0.29) is 0 Å². The Balaban J connectivity index is 1.55. The highest BCUT2D eigenvalue weighted by atomic mass is 79.9. The van der Waals surface area contributed by atoms with E-state index in [2.05, 4.69) is 21.2 Å². The standard InChI is InChI=1S/C27H21BrF3N3O2/c1-33-16-22(14-25(33)34(17-35)15-18-6-12-21(28)13-7-18)32-26(36)24-5-3-2-4-23(24)19-8-10-20(11-9-19)27(29,30)31/h2-14,16-17H,15H2,1H3,(H,32,36). The Labute approximate surface area is 214 Å². The number of nitrogens with zero attached hydrogens (tertiary/aromatic N) is 2. The highest BCUT2D eigenvalue weighted by Crippen LogP contribution is 2.32. The van der Waals surface area contributed by atoms with Crippen LogP contribution >= 0.6 is 15.9 Å². The summed E-state index contributed by atoms with van der Waals surface area (Å²) in [5, 5.41) is 2.83. The van der Waals surface area contributed by atoms with Crippen LogP contribution in [0.15, 0.2) is 89.5 Å². The summed E-state index contributed by atoms with van der Waals surface area (Å²) < 4.78 is 41.5. The predicted molar refractivity (Wildman–Crippen MR) is 137 cm³/mol. The maximum absolute atomic E-state index is 13.1. The molecule has 0 aliphatic heterocycles. The number of amides is 2. The van der Waals surface area contributed by atoms with E-state index >= 15 is 0 Å². The number of hydrogen-bond acceptors (Lipinski definition) is 2. The molecule has 0 radical (unpaired) electrons. The van der Waals surface area contributed by atoms with Gasteiger partial charge in [-0.05, 0) is 47.0 Å². The van der Waals surface area contributed by atoms with E-state index in [0.29, 0.717) is 34.7 Å². The van der Waals surface area contributed by atoms with Crippen molar-refractivity contribution < 1.29 is 22.8 Å². The molecule has 1 aromatic heterocycles. The van der Waals surface area contributed by atoms with Crippen LogP contribution in [0, 0.1) is 0 Å². The number of hydrogen-bond donors (Lipinski definition) is 1. The van der Waals surface area contributed by atoms with E-state index in [0.717, 1.165) is 28.6 Å². The zero-order chi connectivity index (χ0) is 25.9. The summed E-state index contributed by atoms with van der Waals surface area (Å²) in [6, 6.07) is 20.7. The molecule has 5 nitrogen and oxygen atoms in total. The fraction of sp³-hybridized carbons (Fsp3) is 0.111. The Morgan fingerprint density at radius 3 is 2.33 bits per heavy atom. The average molecular weight is 556 g/mol. The molecule has 9 heteroatoms. The molecule has 184 valence electrons. The molecule has 2 amide bonds. The van der Waals surface area contributed by atoms with Gasteiger partial charge < -0.3 is 9.88 Å². The van der Waals surface area contributed by atoms with Crippen LogP contribution in [0.4, 0.5) is 24.7 Å². The number of benzene rings is 3. The van der Waals surface area contributed by atoms with Crippen molar-refractivity contribution in [3.63, 3.8) is 0 Å². The number of carbonyl (C=O) groups excluding carboxylic acids is 2. The summed E-state index contributed by atoms with van der Waals surface area (Å²) in [4.78, 5) is 26.5. The molecule has 0 saturated carbocycles. The molecule has 0 bridgehead atoms. The number of anilines is 2. The van der Waals surface area contributed by atoms with Crippen LogP contribution in [-0.4, -0.2) is 16.9 Å². The molecular weight excluding hydrogens is 535 g/mol. The first-order valence-electron chi connectivity index (χ1n) is 10.9. The molecule has 0 aliphatic rings. The van der Waals surface area contributed by atoms with Crippen LogP contribution in [0.1, 0.15) is 21.5 Å². The van der Waals surface area contributed by atoms with E-state index in [1.807, 2.05) is 24.3 Å². The highest BCUT2D eigenvalue weighted by molar-refractivity contribution is 9.10. The third kappa shape index (κ3) is 5.68. The molecule has 36 heavy (non-hydrogen) atoms. The SMILES string of the molecule is Cn1cc(NC(=O)c2ccccc2-c2ccc(C(F)(F)F)cc2)cc1N(C=O)Cc1ccc(Br)cc1. The van der Waals surface area contributed by atoms with Crippen LogP contribution in [0.3, 0.4) is 0 Å². The van der Waals surface area contributed by atoms with E-state index in [1.54, 1.807) is 48.1 Å². The Morgan fingerprint density at radius 1 is 1.03 bits per heavy atom. The van der Waals surface area contributed by atoms with Crippen molar-refractivity contribution in [3.05, 3.63) is 106 Å². The lowest BCUT2D eigenvalue weighted by Gasteiger charge is -2.18. The third-order valence-corrected chi connectivity index (χ3v) is 6.15. The van der Waals surface area contributed by atoms with Gasteiger partial charge in [-0.2, -0.15) is 13.2 Å². The second-order valence-corrected chi connectivity index (χ2v) is 9.05. The minimum absolute atomic E-state index is 0.310.